The molecule has 138 valence electrons. The molecule has 1 N–H and O–H groups in total. The van der Waals surface area contributed by atoms with E-state index in [1.54, 1.807) is 17.4 Å². The second-order valence-corrected chi connectivity index (χ2v) is 7.66. The van der Waals surface area contributed by atoms with Gasteiger partial charge in [-0.15, -0.1) is 21.5 Å². The zero-order valence-corrected chi connectivity index (χ0v) is 16.0. The van der Waals surface area contributed by atoms with Crippen LogP contribution in [0.4, 0.5) is 5.69 Å². The molecule has 0 saturated carbocycles. The molecule has 0 radical (unpaired) electrons. The molecular weight excluding hydrogens is 358 g/mol. The Hall–Kier alpha value is -2.80. The molecule has 0 aliphatic carbocycles. The van der Waals surface area contributed by atoms with Crippen molar-refractivity contribution in [2.24, 2.45) is 0 Å². The molecule has 1 aromatic carbocycles. The van der Waals surface area contributed by atoms with E-state index < -0.39 is 0 Å². The van der Waals surface area contributed by atoms with Gasteiger partial charge in [0.2, 0.25) is 5.91 Å². The van der Waals surface area contributed by atoms with Crippen LogP contribution in [0, 0.1) is 6.92 Å². The van der Waals surface area contributed by atoms with Gasteiger partial charge in [-0.3, -0.25) is 4.79 Å². The molecular formula is C20H21N5OS. The number of nitrogens with one attached hydrogen (secondary N) is 1. The largest absolute Gasteiger partial charge is 0.322 e. The summed E-state index contributed by atoms with van der Waals surface area (Å²) in [6, 6.07) is 7.76. The quantitative estimate of drug-likeness (QED) is 0.693. The molecule has 1 aliphatic heterocycles. The van der Waals surface area contributed by atoms with Gasteiger partial charge in [-0.25, -0.2) is 4.98 Å². The average Bonchev–Trinajstić information content (AvgIpc) is 3.19. The Morgan fingerprint density at radius 2 is 2.19 bits per heavy atom. The molecule has 0 atom stereocenters. The Kier molecular flexibility index (Phi) is 5.11. The van der Waals surface area contributed by atoms with Gasteiger partial charge in [-0.1, -0.05) is 18.6 Å². The van der Waals surface area contributed by atoms with Crippen molar-refractivity contribution in [3.05, 3.63) is 52.2 Å². The number of nitrogens with zero attached hydrogens (tertiary/aromatic N) is 4. The normalized spacial score (nSPS) is 14.1. The van der Waals surface area contributed by atoms with Crippen LogP contribution in [0.25, 0.3) is 17.5 Å². The number of thiazole rings is 1. The Bertz CT molecular complexity index is 988. The molecule has 2 aromatic heterocycles. The van der Waals surface area contributed by atoms with Gasteiger partial charge in [0, 0.05) is 35.7 Å². The third-order valence-corrected chi connectivity index (χ3v) is 5.33. The topological polar surface area (TPSA) is 72.7 Å². The predicted octanol–water partition coefficient (Wildman–Crippen LogP) is 4.09. The molecule has 0 spiro atoms. The van der Waals surface area contributed by atoms with Crippen LogP contribution in [-0.4, -0.2) is 25.7 Å². The third kappa shape index (κ3) is 4.14. The van der Waals surface area contributed by atoms with Crippen LogP contribution >= 0.6 is 11.3 Å². The first-order chi connectivity index (χ1) is 13.2. The molecule has 27 heavy (non-hydrogen) atoms. The number of anilines is 1. The van der Waals surface area contributed by atoms with Gasteiger partial charge < -0.3 is 9.88 Å². The third-order valence-electron chi connectivity index (χ3n) is 4.54. The number of amides is 1. The first-order valence-electron chi connectivity index (χ1n) is 9.13. The Balaban J connectivity index is 1.50. The lowest BCUT2D eigenvalue weighted by Crippen LogP contribution is -2.08. The fraction of sp³-hybridized carbons (Fsp3) is 0.300. The minimum absolute atomic E-state index is 0.183. The van der Waals surface area contributed by atoms with Crippen LogP contribution in [0.5, 0.6) is 0 Å². The number of rotatable bonds is 4. The maximum absolute atomic E-state index is 12.2. The zero-order valence-electron chi connectivity index (χ0n) is 15.2. The number of hydrogen-bond donors (Lipinski definition) is 1. The Morgan fingerprint density at radius 3 is 3.04 bits per heavy atom. The highest BCUT2D eigenvalue weighted by Gasteiger charge is 2.16. The van der Waals surface area contributed by atoms with E-state index in [0.717, 1.165) is 53.0 Å². The van der Waals surface area contributed by atoms with Crippen molar-refractivity contribution in [1.29, 1.82) is 0 Å². The van der Waals surface area contributed by atoms with Gasteiger partial charge in [-0.2, -0.15) is 0 Å². The highest BCUT2D eigenvalue weighted by Crippen LogP contribution is 2.24. The van der Waals surface area contributed by atoms with Crippen molar-refractivity contribution in [2.45, 2.75) is 39.2 Å². The smallest absolute Gasteiger partial charge is 0.248 e. The number of aromatic nitrogens is 4. The maximum atomic E-state index is 12.2. The summed E-state index contributed by atoms with van der Waals surface area (Å²) in [7, 11) is 0. The van der Waals surface area contributed by atoms with Crippen molar-refractivity contribution in [2.75, 3.05) is 5.32 Å². The number of fused-ring (bicyclic) bond motifs is 1. The number of hydrogen-bond acceptors (Lipinski definition) is 5. The van der Waals surface area contributed by atoms with E-state index in [1.165, 1.54) is 18.9 Å². The van der Waals surface area contributed by atoms with Gasteiger partial charge >= 0.3 is 0 Å². The number of carbonyl (C=O) groups is 1. The number of aryl methyl sites for hydroxylation is 2. The van der Waals surface area contributed by atoms with Gasteiger partial charge in [0.05, 0.1) is 10.7 Å². The Labute approximate surface area is 162 Å². The van der Waals surface area contributed by atoms with Crippen LogP contribution in [-0.2, 0) is 17.8 Å². The summed E-state index contributed by atoms with van der Waals surface area (Å²) in [5, 5.41) is 14.6. The van der Waals surface area contributed by atoms with Gasteiger partial charge in [0.25, 0.3) is 0 Å². The summed E-state index contributed by atoms with van der Waals surface area (Å²) < 4.78 is 2.21. The first kappa shape index (κ1) is 17.6. The van der Waals surface area contributed by atoms with Crippen molar-refractivity contribution >= 4 is 29.0 Å². The standard InChI is InChI=1S/C20H21N5OS/c1-14-21-17(13-27-14)9-10-19(26)22-16-7-5-6-15(12-16)20-24-23-18-8-3-2-4-11-25(18)20/h5-7,9-10,12-13H,2-4,8,11H2,1H3,(H,22,26)/b10-9+. The molecule has 4 rings (SSSR count). The van der Waals surface area contributed by atoms with Crippen LogP contribution in [0.15, 0.2) is 35.7 Å². The molecule has 1 amide bonds. The SMILES string of the molecule is Cc1nc(/C=C/C(=O)Nc2cccc(-c3nnc4n3CCCCC4)c2)cs1. The molecule has 0 unspecified atom stereocenters. The fourth-order valence-electron chi connectivity index (χ4n) is 3.24. The molecule has 1 aliphatic rings. The molecule has 3 heterocycles. The Morgan fingerprint density at radius 1 is 1.26 bits per heavy atom. The van der Waals surface area contributed by atoms with E-state index >= 15 is 0 Å². The summed E-state index contributed by atoms with van der Waals surface area (Å²) in [5.74, 6) is 1.74. The van der Waals surface area contributed by atoms with Crippen molar-refractivity contribution < 1.29 is 4.79 Å². The second-order valence-electron chi connectivity index (χ2n) is 6.60. The van der Waals surface area contributed by atoms with Crippen LogP contribution < -0.4 is 5.32 Å². The lowest BCUT2D eigenvalue weighted by Gasteiger charge is -2.08. The molecule has 0 fully saturated rings. The molecule has 0 bridgehead atoms. The van der Waals surface area contributed by atoms with Gasteiger partial charge in [-0.05, 0) is 38.0 Å². The first-order valence-corrected chi connectivity index (χ1v) is 10.0. The van der Waals surface area contributed by atoms with Gasteiger partial charge in [0.15, 0.2) is 5.82 Å². The zero-order chi connectivity index (χ0) is 18.6. The average molecular weight is 379 g/mol. The van der Waals surface area contributed by atoms with Gasteiger partial charge in [0.1, 0.15) is 5.82 Å². The van der Waals surface area contributed by atoms with Crippen LogP contribution in [0.3, 0.4) is 0 Å². The lowest BCUT2D eigenvalue weighted by molar-refractivity contribution is -0.111. The molecule has 6 nitrogen and oxygen atoms in total. The van der Waals surface area contributed by atoms with Crippen LogP contribution in [0.2, 0.25) is 0 Å². The summed E-state index contributed by atoms with van der Waals surface area (Å²) >= 11 is 1.56. The van der Waals surface area contributed by atoms with E-state index in [9.17, 15) is 4.79 Å². The number of carbonyl (C=O) groups excluding carboxylic acids is 1. The summed E-state index contributed by atoms with van der Waals surface area (Å²) in [4.78, 5) is 16.5. The van der Waals surface area contributed by atoms with Crippen LogP contribution in [0.1, 0.15) is 35.8 Å². The summed E-state index contributed by atoms with van der Waals surface area (Å²) in [6.07, 6.45) is 7.74. The predicted molar refractivity (Wildman–Crippen MR) is 108 cm³/mol. The molecule has 0 saturated heterocycles. The van der Waals surface area contributed by atoms with Crippen molar-refractivity contribution in [1.82, 2.24) is 19.7 Å². The van der Waals surface area contributed by atoms with E-state index in [2.05, 4.69) is 25.1 Å². The highest BCUT2D eigenvalue weighted by atomic mass is 32.1. The van der Waals surface area contributed by atoms with E-state index in [0.29, 0.717) is 0 Å². The lowest BCUT2D eigenvalue weighted by atomic mass is 10.2. The minimum atomic E-state index is -0.183. The minimum Gasteiger partial charge on any atom is -0.322 e. The summed E-state index contributed by atoms with van der Waals surface area (Å²) in [6.45, 7) is 2.89. The molecule has 3 aromatic rings. The van der Waals surface area contributed by atoms with E-state index in [4.69, 9.17) is 0 Å². The molecule has 7 heteroatoms. The van der Waals surface area contributed by atoms with Crippen molar-refractivity contribution in [3.8, 4) is 11.4 Å². The second kappa shape index (κ2) is 7.84. The number of benzene rings is 1. The van der Waals surface area contributed by atoms with Crippen molar-refractivity contribution in [3.63, 3.8) is 0 Å². The highest BCUT2D eigenvalue weighted by molar-refractivity contribution is 7.09. The fourth-order valence-corrected chi connectivity index (χ4v) is 3.82. The monoisotopic (exact) mass is 379 g/mol. The summed E-state index contributed by atoms with van der Waals surface area (Å²) in [5.41, 5.74) is 2.50. The van der Waals surface area contributed by atoms with E-state index in [1.807, 2.05) is 36.6 Å². The van der Waals surface area contributed by atoms with E-state index in [-0.39, 0.29) is 5.91 Å². The maximum Gasteiger partial charge on any atom is 0.248 e.